The molecule has 1 saturated heterocycles. The molecule has 0 aliphatic carbocycles. The monoisotopic (exact) mass is 250 g/mol. The lowest BCUT2D eigenvalue weighted by molar-refractivity contribution is 0.00536. The van der Waals surface area contributed by atoms with Gasteiger partial charge in [-0.15, -0.1) is 11.3 Å². The van der Waals surface area contributed by atoms with Crippen LogP contribution in [0.3, 0.4) is 0 Å². The fourth-order valence-corrected chi connectivity index (χ4v) is 2.92. The van der Waals surface area contributed by atoms with E-state index in [4.69, 9.17) is 4.74 Å². The predicted molar refractivity (Wildman–Crippen MR) is 67.5 cm³/mol. The first kappa shape index (κ1) is 10.9. The minimum absolute atomic E-state index is 0.0467. The Hall–Kier alpha value is -1.20. The number of hydrogen-bond acceptors (Lipinski definition) is 4. The van der Waals surface area contributed by atoms with Gasteiger partial charge in [0.1, 0.15) is 4.83 Å². The first-order valence-corrected chi connectivity index (χ1v) is 6.77. The van der Waals surface area contributed by atoms with Crippen molar-refractivity contribution in [3.63, 3.8) is 0 Å². The Balaban J connectivity index is 1.89. The third kappa shape index (κ3) is 2.12. The van der Waals surface area contributed by atoms with Gasteiger partial charge in [0.15, 0.2) is 0 Å². The molecule has 0 N–H and O–H groups in total. The fourth-order valence-electron chi connectivity index (χ4n) is 2.19. The van der Waals surface area contributed by atoms with E-state index < -0.39 is 0 Å². The van der Waals surface area contributed by atoms with Crippen LogP contribution in [-0.2, 0) is 11.3 Å². The average Bonchev–Trinajstić information content (AvgIpc) is 2.83. The summed E-state index contributed by atoms with van der Waals surface area (Å²) in [5, 5.41) is 2.62. The lowest BCUT2D eigenvalue weighted by atomic mass is 10.1. The summed E-state index contributed by atoms with van der Waals surface area (Å²) >= 11 is 1.50. The van der Waals surface area contributed by atoms with Gasteiger partial charge in [-0.2, -0.15) is 0 Å². The van der Waals surface area contributed by atoms with Gasteiger partial charge in [0.05, 0.1) is 24.4 Å². The Labute approximate surface area is 103 Å². The Morgan fingerprint density at radius 1 is 1.53 bits per heavy atom. The number of fused-ring (bicyclic) bond motifs is 1. The Morgan fingerprint density at radius 2 is 2.47 bits per heavy atom. The van der Waals surface area contributed by atoms with Crippen molar-refractivity contribution in [2.75, 3.05) is 6.61 Å². The van der Waals surface area contributed by atoms with Gasteiger partial charge in [-0.3, -0.25) is 9.36 Å². The van der Waals surface area contributed by atoms with E-state index in [2.05, 4.69) is 4.98 Å². The molecule has 5 heteroatoms. The van der Waals surface area contributed by atoms with Crippen LogP contribution in [0.2, 0.25) is 0 Å². The third-order valence-corrected chi connectivity index (χ3v) is 3.95. The van der Waals surface area contributed by atoms with E-state index in [-0.39, 0.29) is 11.7 Å². The lowest BCUT2D eigenvalue weighted by Crippen LogP contribution is -2.30. The summed E-state index contributed by atoms with van der Waals surface area (Å²) in [6.07, 6.45) is 5.16. The molecule has 0 spiro atoms. The van der Waals surface area contributed by atoms with Gasteiger partial charge >= 0.3 is 0 Å². The largest absolute Gasteiger partial charge is 0.376 e. The van der Waals surface area contributed by atoms with Gasteiger partial charge < -0.3 is 4.74 Å². The van der Waals surface area contributed by atoms with E-state index in [0.717, 1.165) is 24.3 Å². The smallest absolute Gasteiger partial charge is 0.262 e. The third-order valence-electron chi connectivity index (χ3n) is 3.12. The van der Waals surface area contributed by atoms with Crippen molar-refractivity contribution in [1.29, 1.82) is 0 Å². The molecule has 3 rings (SSSR count). The zero-order valence-electron chi connectivity index (χ0n) is 9.46. The molecule has 17 heavy (non-hydrogen) atoms. The normalized spacial score (nSPS) is 20.8. The molecule has 0 radical (unpaired) electrons. The van der Waals surface area contributed by atoms with Crippen LogP contribution in [0.15, 0.2) is 22.6 Å². The SMILES string of the molecule is O=c1c2ccsc2ncn1CC1CCCCO1. The van der Waals surface area contributed by atoms with Gasteiger partial charge in [-0.1, -0.05) is 0 Å². The van der Waals surface area contributed by atoms with Crippen molar-refractivity contribution in [2.24, 2.45) is 0 Å². The van der Waals surface area contributed by atoms with Crippen LogP contribution < -0.4 is 5.56 Å². The standard InChI is InChI=1S/C12H14N2O2S/c15-12-10-4-6-17-11(10)13-8-14(12)7-9-3-1-2-5-16-9/h4,6,8-9H,1-3,5,7H2. The Morgan fingerprint density at radius 3 is 3.29 bits per heavy atom. The summed E-state index contributed by atoms with van der Waals surface area (Å²) in [5.74, 6) is 0. The van der Waals surface area contributed by atoms with E-state index >= 15 is 0 Å². The minimum Gasteiger partial charge on any atom is -0.376 e. The highest BCUT2D eigenvalue weighted by Crippen LogP contribution is 2.16. The zero-order valence-corrected chi connectivity index (χ0v) is 10.3. The molecule has 0 saturated carbocycles. The summed E-state index contributed by atoms with van der Waals surface area (Å²) in [7, 11) is 0. The van der Waals surface area contributed by atoms with E-state index in [1.165, 1.54) is 17.8 Å². The summed E-state index contributed by atoms with van der Waals surface area (Å²) in [6.45, 7) is 1.44. The molecule has 1 aliphatic heterocycles. The van der Waals surface area contributed by atoms with Crippen molar-refractivity contribution in [3.05, 3.63) is 28.1 Å². The number of thiophene rings is 1. The molecular formula is C12H14N2O2S. The second kappa shape index (κ2) is 4.58. The molecule has 1 fully saturated rings. The summed E-state index contributed by atoms with van der Waals surface area (Å²) < 4.78 is 7.32. The molecular weight excluding hydrogens is 236 g/mol. The number of rotatable bonds is 2. The first-order valence-electron chi connectivity index (χ1n) is 5.89. The Bertz CT molecular complexity index is 569. The van der Waals surface area contributed by atoms with Gasteiger partial charge in [0, 0.05) is 6.61 Å². The van der Waals surface area contributed by atoms with Crippen LogP contribution in [0.5, 0.6) is 0 Å². The predicted octanol–water partition coefficient (Wildman–Crippen LogP) is 2.03. The van der Waals surface area contributed by atoms with Crippen molar-refractivity contribution in [3.8, 4) is 0 Å². The molecule has 1 aliphatic rings. The van der Waals surface area contributed by atoms with E-state index in [9.17, 15) is 4.79 Å². The molecule has 3 heterocycles. The van der Waals surface area contributed by atoms with Crippen LogP contribution in [0.1, 0.15) is 19.3 Å². The summed E-state index contributed by atoms with van der Waals surface area (Å²) in [6, 6.07) is 1.84. The lowest BCUT2D eigenvalue weighted by Gasteiger charge is -2.22. The van der Waals surface area contributed by atoms with E-state index in [1.807, 2.05) is 11.4 Å². The molecule has 1 unspecified atom stereocenters. The van der Waals surface area contributed by atoms with E-state index in [1.54, 1.807) is 10.9 Å². The van der Waals surface area contributed by atoms with Crippen LogP contribution in [0, 0.1) is 0 Å². The van der Waals surface area contributed by atoms with Crippen LogP contribution in [0.4, 0.5) is 0 Å². The summed E-state index contributed by atoms with van der Waals surface area (Å²) in [4.78, 5) is 17.2. The number of nitrogens with zero attached hydrogens (tertiary/aromatic N) is 2. The molecule has 2 aromatic heterocycles. The quantitative estimate of drug-likeness (QED) is 0.819. The molecule has 2 aromatic rings. The highest BCUT2D eigenvalue weighted by atomic mass is 32.1. The van der Waals surface area contributed by atoms with Crippen molar-refractivity contribution < 1.29 is 4.74 Å². The highest BCUT2D eigenvalue weighted by molar-refractivity contribution is 7.16. The molecule has 0 amide bonds. The molecule has 0 aromatic carbocycles. The van der Waals surface area contributed by atoms with Crippen molar-refractivity contribution in [1.82, 2.24) is 9.55 Å². The maximum atomic E-state index is 12.1. The molecule has 1 atom stereocenters. The van der Waals surface area contributed by atoms with Crippen molar-refractivity contribution in [2.45, 2.75) is 31.9 Å². The van der Waals surface area contributed by atoms with Gasteiger partial charge in [0.2, 0.25) is 0 Å². The molecule has 0 bridgehead atoms. The zero-order chi connectivity index (χ0) is 11.7. The van der Waals surface area contributed by atoms with Crippen molar-refractivity contribution >= 4 is 21.6 Å². The van der Waals surface area contributed by atoms with Gasteiger partial charge in [0.25, 0.3) is 5.56 Å². The van der Waals surface area contributed by atoms with E-state index in [0.29, 0.717) is 11.9 Å². The second-order valence-corrected chi connectivity index (χ2v) is 5.22. The maximum Gasteiger partial charge on any atom is 0.262 e. The first-order chi connectivity index (χ1) is 8.34. The number of ether oxygens (including phenoxy) is 1. The maximum absolute atomic E-state index is 12.1. The fraction of sp³-hybridized carbons (Fsp3) is 0.500. The van der Waals surface area contributed by atoms with Gasteiger partial charge in [-0.25, -0.2) is 4.98 Å². The number of aromatic nitrogens is 2. The average molecular weight is 250 g/mol. The highest BCUT2D eigenvalue weighted by Gasteiger charge is 2.15. The minimum atomic E-state index is 0.0467. The van der Waals surface area contributed by atoms with Crippen LogP contribution in [0.25, 0.3) is 10.2 Å². The van der Waals surface area contributed by atoms with Crippen LogP contribution >= 0.6 is 11.3 Å². The topological polar surface area (TPSA) is 44.1 Å². The second-order valence-electron chi connectivity index (χ2n) is 4.33. The number of hydrogen-bond donors (Lipinski definition) is 0. The Kier molecular flexibility index (Phi) is 2.94. The molecule has 90 valence electrons. The molecule has 4 nitrogen and oxygen atoms in total. The summed E-state index contributed by atoms with van der Waals surface area (Å²) in [5.41, 5.74) is 0.0467. The van der Waals surface area contributed by atoms with Gasteiger partial charge in [-0.05, 0) is 30.7 Å². The van der Waals surface area contributed by atoms with Crippen LogP contribution in [-0.4, -0.2) is 22.3 Å².